The summed E-state index contributed by atoms with van der Waals surface area (Å²) in [5, 5.41) is 2.56. The summed E-state index contributed by atoms with van der Waals surface area (Å²) >= 11 is 3.23. The van der Waals surface area contributed by atoms with Crippen molar-refractivity contribution in [3.63, 3.8) is 0 Å². The van der Waals surface area contributed by atoms with Crippen molar-refractivity contribution in [3.8, 4) is 0 Å². The first-order chi connectivity index (χ1) is 9.10. The summed E-state index contributed by atoms with van der Waals surface area (Å²) in [5.74, 6) is 4.68. The first-order valence-corrected chi connectivity index (χ1v) is 6.09. The Morgan fingerprint density at radius 3 is 2.84 bits per heavy atom. The van der Waals surface area contributed by atoms with Gasteiger partial charge in [-0.25, -0.2) is 15.2 Å². The Bertz CT molecular complexity index is 620. The molecule has 1 aromatic heterocycles. The molecule has 0 fully saturated rings. The zero-order chi connectivity index (χ0) is 13.8. The van der Waals surface area contributed by atoms with Gasteiger partial charge in [0.25, 0.3) is 5.91 Å². The third-order valence-electron chi connectivity index (χ3n) is 2.31. The second-order valence-corrected chi connectivity index (χ2v) is 4.49. The summed E-state index contributed by atoms with van der Waals surface area (Å²) in [6, 6.07) is 8.80. The maximum atomic E-state index is 13.1. The number of rotatable bonds is 3. The Morgan fingerprint density at radius 2 is 2.11 bits per heavy atom. The van der Waals surface area contributed by atoms with Crippen molar-refractivity contribution in [1.29, 1.82) is 0 Å². The fourth-order valence-electron chi connectivity index (χ4n) is 1.42. The summed E-state index contributed by atoms with van der Waals surface area (Å²) in [6.07, 6.45) is 0. The van der Waals surface area contributed by atoms with E-state index in [-0.39, 0.29) is 5.69 Å². The van der Waals surface area contributed by atoms with E-state index < -0.39 is 11.7 Å². The highest BCUT2D eigenvalue weighted by molar-refractivity contribution is 9.10. The van der Waals surface area contributed by atoms with E-state index in [9.17, 15) is 9.18 Å². The van der Waals surface area contributed by atoms with Gasteiger partial charge in [0.1, 0.15) is 17.3 Å². The maximum Gasteiger partial charge on any atom is 0.274 e. The second-order valence-electron chi connectivity index (χ2n) is 3.63. The predicted octanol–water partition coefficient (Wildman–Crippen LogP) is 2.52. The van der Waals surface area contributed by atoms with Crippen molar-refractivity contribution in [2.24, 2.45) is 5.84 Å². The lowest BCUT2D eigenvalue weighted by molar-refractivity contribution is 0.102. The number of nitrogens with one attached hydrogen (secondary N) is 2. The Morgan fingerprint density at radius 1 is 1.32 bits per heavy atom. The van der Waals surface area contributed by atoms with E-state index in [2.05, 4.69) is 31.7 Å². The number of amides is 1. The number of hydrogen-bond donors (Lipinski definition) is 3. The number of anilines is 2. The molecule has 0 aliphatic rings. The minimum absolute atomic E-state index is 0.173. The lowest BCUT2D eigenvalue weighted by Gasteiger charge is -2.08. The number of nitrogens with two attached hydrogens (primary N) is 1. The average Bonchev–Trinajstić information content (AvgIpc) is 2.43. The molecular weight excluding hydrogens is 315 g/mol. The van der Waals surface area contributed by atoms with Crippen LogP contribution in [0.1, 0.15) is 10.5 Å². The number of carbonyl (C=O) groups excluding carboxylic acids is 1. The van der Waals surface area contributed by atoms with Gasteiger partial charge in [-0.15, -0.1) is 0 Å². The number of carbonyl (C=O) groups is 1. The fourth-order valence-corrected chi connectivity index (χ4v) is 1.77. The fraction of sp³-hybridized carbons (Fsp3) is 0. The summed E-state index contributed by atoms with van der Waals surface area (Å²) in [6.45, 7) is 0. The van der Waals surface area contributed by atoms with Crippen molar-refractivity contribution in [1.82, 2.24) is 4.98 Å². The predicted molar refractivity (Wildman–Crippen MR) is 74.1 cm³/mol. The molecule has 98 valence electrons. The quantitative estimate of drug-likeness (QED) is 0.598. The van der Waals surface area contributed by atoms with Crippen molar-refractivity contribution >= 4 is 33.3 Å². The van der Waals surface area contributed by atoms with Gasteiger partial charge in [-0.1, -0.05) is 6.07 Å². The van der Waals surface area contributed by atoms with E-state index in [4.69, 9.17) is 5.84 Å². The Kier molecular flexibility index (Phi) is 4.08. The summed E-state index contributed by atoms with van der Waals surface area (Å²) in [7, 11) is 0. The largest absolute Gasteiger partial charge is 0.320 e. The van der Waals surface area contributed by atoms with Crippen LogP contribution in [0.25, 0.3) is 0 Å². The van der Waals surface area contributed by atoms with Crippen molar-refractivity contribution in [3.05, 3.63) is 52.4 Å². The maximum absolute atomic E-state index is 13.1. The van der Waals surface area contributed by atoms with Gasteiger partial charge >= 0.3 is 0 Å². The first-order valence-electron chi connectivity index (χ1n) is 5.30. The van der Waals surface area contributed by atoms with Crippen LogP contribution in [0.15, 0.2) is 40.9 Å². The van der Waals surface area contributed by atoms with Crippen LogP contribution in [0.3, 0.4) is 0 Å². The molecule has 0 unspecified atom stereocenters. The zero-order valence-electron chi connectivity index (χ0n) is 9.65. The van der Waals surface area contributed by atoms with Crippen LogP contribution in [-0.4, -0.2) is 10.9 Å². The minimum Gasteiger partial charge on any atom is -0.320 e. The molecule has 19 heavy (non-hydrogen) atoms. The third-order valence-corrected chi connectivity index (χ3v) is 3.00. The number of benzene rings is 1. The molecule has 0 bridgehead atoms. The van der Waals surface area contributed by atoms with Gasteiger partial charge < -0.3 is 10.7 Å². The molecule has 0 saturated heterocycles. The third kappa shape index (κ3) is 3.27. The molecule has 4 N–H and O–H groups in total. The highest BCUT2D eigenvalue weighted by atomic mass is 79.9. The van der Waals surface area contributed by atoms with E-state index in [1.165, 1.54) is 24.3 Å². The van der Waals surface area contributed by atoms with Gasteiger partial charge in [0.2, 0.25) is 0 Å². The van der Waals surface area contributed by atoms with Crippen molar-refractivity contribution < 1.29 is 9.18 Å². The molecule has 0 atom stereocenters. The second kappa shape index (κ2) is 5.77. The molecule has 1 heterocycles. The standard InChI is InChI=1S/C12H10BrFN4O/c13-8-5-4-7(14)6-10(8)17-12(19)9-2-1-3-11(16-9)18-15/h1-6H,15H2,(H,16,18)(H,17,19). The van der Waals surface area contributed by atoms with Gasteiger partial charge in [0.05, 0.1) is 5.69 Å². The van der Waals surface area contributed by atoms with E-state index in [0.29, 0.717) is 16.0 Å². The molecule has 2 rings (SSSR count). The molecule has 0 saturated carbocycles. The van der Waals surface area contributed by atoms with Gasteiger partial charge in [-0.2, -0.15) is 0 Å². The summed E-state index contributed by atoms with van der Waals surface area (Å²) in [4.78, 5) is 15.9. The number of halogens is 2. The van der Waals surface area contributed by atoms with Crippen LogP contribution >= 0.6 is 15.9 Å². The molecule has 0 aliphatic heterocycles. The van der Waals surface area contributed by atoms with Crippen LogP contribution in [0.2, 0.25) is 0 Å². The monoisotopic (exact) mass is 324 g/mol. The molecule has 0 aliphatic carbocycles. The normalized spacial score (nSPS) is 10.1. The van der Waals surface area contributed by atoms with Gasteiger partial charge in [-0.05, 0) is 46.3 Å². The number of aromatic nitrogens is 1. The van der Waals surface area contributed by atoms with Crippen LogP contribution in [0.5, 0.6) is 0 Å². The smallest absolute Gasteiger partial charge is 0.274 e. The molecule has 7 heteroatoms. The molecule has 5 nitrogen and oxygen atoms in total. The van der Waals surface area contributed by atoms with Crippen molar-refractivity contribution in [2.45, 2.75) is 0 Å². The summed E-state index contributed by atoms with van der Waals surface area (Å²) < 4.78 is 13.7. The number of hydrogen-bond acceptors (Lipinski definition) is 4. The molecule has 1 amide bonds. The number of nitrogen functional groups attached to an aromatic ring is 1. The Balaban J connectivity index is 2.22. The zero-order valence-corrected chi connectivity index (χ0v) is 11.2. The van der Waals surface area contributed by atoms with Crippen LogP contribution < -0.4 is 16.6 Å². The van der Waals surface area contributed by atoms with Gasteiger partial charge in [-0.3, -0.25) is 4.79 Å². The number of pyridine rings is 1. The Hall–Kier alpha value is -1.99. The lowest BCUT2D eigenvalue weighted by Crippen LogP contribution is -2.16. The van der Waals surface area contributed by atoms with Gasteiger partial charge in [0.15, 0.2) is 0 Å². The van der Waals surface area contributed by atoms with E-state index >= 15 is 0 Å². The lowest BCUT2D eigenvalue weighted by atomic mass is 10.3. The van der Waals surface area contributed by atoms with Crippen LogP contribution in [-0.2, 0) is 0 Å². The topological polar surface area (TPSA) is 80.0 Å². The van der Waals surface area contributed by atoms with Crippen molar-refractivity contribution in [2.75, 3.05) is 10.7 Å². The van der Waals surface area contributed by atoms with E-state index in [1.807, 2.05) is 0 Å². The minimum atomic E-state index is -0.455. The number of nitrogens with zero attached hydrogens (tertiary/aromatic N) is 1. The van der Waals surface area contributed by atoms with Gasteiger partial charge in [0, 0.05) is 4.47 Å². The number of hydrazine groups is 1. The average molecular weight is 325 g/mol. The molecule has 1 aromatic carbocycles. The summed E-state index contributed by atoms with van der Waals surface area (Å²) in [5.41, 5.74) is 2.85. The highest BCUT2D eigenvalue weighted by Crippen LogP contribution is 2.23. The molecule has 2 aromatic rings. The van der Waals surface area contributed by atoms with E-state index in [1.54, 1.807) is 12.1 Å². The highest BCUT2D eigenvalue weighted by Gasteiger charge is 2.10. The molecule has 0 spiro atoms. The van der Waals surface area contributed by atoms with Crippen LogP contribution in [0, 0.1) is 5.82 Å². The Labute approximate surface area is 117 Å². The molecular formula is C12H10BrFN4O. The first kappa shape index (κ1) is 13.4. The SMILES string of the molecule is NNc1cccc(C(=O)Nc2cc(F)ccc2Br)n1. The molecule has 0 radical (unpaired) electrons. The van der Waals surface area contributed by atoms with E-state index in [0.717, 1.165) is 0 Å². The van der Waals surface area contributed by atoms with Crippen LogP contribution in [0.4, 0.5) is 15.9 Å².